The summed E-state index contributed by atoms with van der Waals surface area (Å²) in [5.74, 6) is 0.387. The number of amides is 1. The molecule has 0 aliphatic heterocycles. The lowest BCUT2D eigenvalue weighted by molar-refractivity contribution is -0.115. The average molecular weight is 407 g/mol. The van der Waals surface area contributed by atoms with E-state index in [-0.39, 0.29) is 5.91 Å². The zero-order valence-corrected chi connectivity index (χ0v) is 16.1. The van der Waals surface area contributed by atoms with Crippen molar-refractivity contribution in [1.29, 1.82) is 0 Å². The van der Waals surface area contributed by atoms with Gasteiger partial charge in [-0.3, -0.25) is 9.89 Å². The fourth-order valence-corrected chi connectivity index (χ4v) is 3.20. The second-order valence-corrected chi connectivity index (χ2v) is 7.32. The number of aromatic nitrogens is 3. The summed E-state index contributed by atoms with van der Waals surface area (Å²) in [6, 6.07) is 10.9. The lowest BCUT2D eigenvalue weighted by atomic mass is 10.2. The topological polar surface area (TPSA) is 79.9 Å². The summed E-state index contributed by atoms with van der Waals surface area (Å²) in [5.41, 5.74) is 1.06. The Morgan fingerprint density at radius 3 is 2.89 bits per heavy atom. The van der Waals surface area contributed by atoms with Crippen molar-refractivity contribution in [2.45, 2.75) is 17.3 Å². The zero-order chi connectivity index (χ0) is 19.4. The summed E-state index contributed by atoms with van der Waals surface area (Å²) in [6.07, 6.45) is 0. The van der Waals surface area contributed by atoms with Crippen LogP contribution in [0.2, 0.25) is 5.02 Å². The molecule has 27 heavy (non-hydrogen) atoms. The molecule has 0 saturated carbocycles. The van der Waals surface area contributed by atoms with Crippen LogP contribution in [0.5, 0.6) is 5.75 Å². The normalized spacial score (nSPS) is 11.9. The van der Waals surface area contributed by atoms with Crippen molar-refractivity contribution in [2.24, 2.45) is 0 Å². The first-order chi connectivity index (χ1) is 13.0. The van der Waals surface area contributed by atoms with Crippen LogP contribution in [0.1, 0.15) is 6.92 Å². The van der Waals surface area contributed by atoms with Crippen LogP contribution in [0.25, 0.3) is 11.4 Å². The number of hydrogen-bond acceptors (Lipinski definition) is 5. The molecule has 0 aliphatic carbocycles. The number of carbonyl (C=O) groups excluding carboxylic acids is 1. The fraction of sp³-hybridized carbons (Fsp3) is 0.167. The quantitative estimate of drug-likeness (QED) is 0.593. The molecule has 1 heterocycles. The van der Waals surface area contributed by atoms with Crippen LogP contribution >= 0.6 is 23.4 Å². The van der Waals surface area contributed by atoms with Crippen molar-refractivity contribution in [3.63, 3.8) is 0 Å². The number of thioether (sulfide) groups is 1. The molecule has 0 bridgehead atoms. The van der Waals surface area contributed by atoms with Crippen LogP contribution in [0, 0.1) is 5.82 Å². The lowest BCUT2D eigenvalue weighted by Crippen LogP contribution is -2.22. The Bertz CT molecular complexity index is 966. The van der Waals surface area contributed by atoms with Crippen molar-refractivity contribution < 1.29 is 13.9 Å². The maximum atomic E-state index is 13.2. The van der Waals surface area contributed by atoms with Crippen molar-refractivity contribution in [3.05, 3.63) is 53.3 Å². The molecule has 1 amide bonds. The summed E-state index contributed by atoms with van der Waals surface area (Å²) >= 11 is 7.22. The van der Waals surface area contributed by atoms with Crippen LogP contribution in [-0.2, 0) is 4.79 Å². The molecule has 0 saturated heterocycles. The molecule has 0 aliphatic rings. The van der Waals surface area contributed by atoms with E-state index in [0.717, 1.165) is 0 Å². The predicted octanol–water partition coefficient (Wildman–Crippen LogP) is 4.39. The highest BCUT2D eigenvalue weighted by Gasteiger charge is 2.19. The minimum Gasteiger partial charge on any atom is -0.496 e. The van der Waals surface area contributed by atoms with E-state index < -0.39 is 11.1 Å². The van der Waals surface area contributed by atoms with Gasteiger partial charge in [0.2, 0.25) is 11.1 Å². The van der Waals surface area contributed by atoms with E-state index in [2.05, 4.69) is 20.5 Å². The number of aromatic amines is 1. The van der Waals surface area contributed by atoms with Gasteiger partial charge in [0.05, 0.1) is 17.9 Å². The number of methoxy groups -OCH3 is 1. The minimum atomic E-state index is -0.488. The second-order valence-electron chi connectivity index (χ2n) is 5.57. The second kappa shape index (κ2) is 8.41. The molecule has 0 fully saturated rings. The predicted molar refractivity (Wildman–Crippen MR) is 104 cm³/mol. The van der Waals surface area contributed by atoms with Crippen LogP contribution < -0.4 is 10.1 Å². The lowest BCUT2D eigenvalue weighted by Gasteiger charge is -2.10. The molecule has 6 nitrogen and oxygen atoms in total. The highest BCUT2D eigenvalue weighted by molar-refractivity contribution is 8.00. The van der Waals surface area contributed by atoms with Gasteiger partial charge < -0.3 is 10.1 Å². The number of benzene rings is 2. The maximum absolute atomic E-state index is 13.2. The van der Waals surface area contributed by atoms with Gasteiger partial charge in [0, 0.05) is 10.7 Å². The van der Waals surface area contributed by atoms with Gasteiger partial charge >= 0.3 is 0 Å². The Morgan fingerprint density at radius 1 is 1.33 bits per heavy atom. The number of anilines is 1. The Balaban J connectivity index is 1.70. The first kappa shape index (κ1) is 19.2. The number of ether oxygens (including phenoxy) is 1. The van der Waals surface area contributed by atoms with Crippen molar-refractivity contribution in [1.82, 2.24) is 15.2 Å². The summed E-state index contributed by atoms with van der Waals surface area (Å²) in [5, 5.41) is 10.1. The van der Waals surface area contributed by atoms with E-state index in [1.165, 1.54) is 30.0 Å². The van der Waals surface area contributed by atoms with Gasteiger partial charge in [-0.1, -0.05) is 29.4 Å². The molecule has 2 aromatic carbocycles. The summed E-state index contributed by atoms with van der Waals surface area (Å²) in [4.78, 5) is 16.7. The van der Waals surface area contributed by atoms with Crippen LogP contribution in [0.3, 0.4) is 0 Å². The van der Waals surface area contributed by atoms with Gasteiger partial charge in [-0.2, -0.15) is 0 Å². The number of H-pyrrole nitrogens is 1. The third-order valence-corrected chi connectivity index (χ3v) is 4.82. The molecule has 2 N–H and O–H groups in total. The van der Waals surface area contributed by atoms with Crippen molar-refractivity contribution >= 4 is 35.0 Å². The van der Waals surface area contributed by atoms with Gasteiger partial charge in [-0.15, -0.1) is 5.10 Å². The van der Waals surface area contributed by atoms with Crippen LogP contribution in [-0.4, -0.2) is 33.4 Å². The molecule has 1 aromatic heterocycles. The third kappa shape index (κ3) is 4.78. The molecular weight excluding hydrogens is 391 g/mol. The van der Waals surface area contributed by atoms with E-state index >= 15 is 0 Å². The summed E-state index contributed by atoms with van der Waals surface area (Å²) in [7, 11) is 1.55. The maximum Gasteiger partial charge on any atom is 0.237 e. The van der Waals surface area contributed by atoms with E-state index in [9.17, 15) is 9.18 Å². The van der Waals surface area contributed by atoms with E-state index in [0.29, 0.717) is 33.0 Å². The molecule has 140 valence electrons. The molecule has 3 aromatic rings. The van der Waals surface area contributed by atoms with Gasteiger partial charge in [-0.25, -0.2) is 9.37 Å². The molecule has 1 atom stereocenters. The highest BCUT2D eigenvalue weighted by Crippen LogP contribution is 2.31. The molecule has 1 unspecified atom stereocenters. The first-order valence-corrected chi connectivity index (χ1v) is 9.21. The standard InChI is InChI=1S/C18H16ClFN4O2S/c1-10(17(25)21-13-5-3-4-12(20)9-13)27-18-22-16(23-24-18)14-8-11(19)6-7-15(14)26-2/h3-10H,1-2H3,(H,21,25)(H,22,23,24). The van der Waals surface area contributed by atoms with Crippen molar-refractivity contribution in [3.8, 4) is 17.1 Å². The monoisotopic (exact) mass is 406 g/mol. The smallest absolute Gasteiger partial charge is 0.237 e. The van der Waals surface area contributed by atoms with Gasteiger partial charge in [0.25, 0.3) is 0 Å². The number of nitrogens with one attached hydrogen (secondary N) is 2. The number of hydrogen-bond donors (Lipinski definition) is 2. The molecule has 0 radical (unpaired) electrons. The Hall–Kier alpha value is -2.58. The van der Waals surface area contributed by atoms with Gasteiger partial charge in [-0.05, 0) is 43.3 Å². The Kier molecular flexibility index (Phi) is 5.98. The first-order valence-electron chi connectivity index (χ1n) is 7.95. The fourth-order valence-electron chi connectivity index (χ4n) is 2.31. The summed E-state index contributed by atoms with van der Waals surface area (Å²) in [6.45, 7) is 1.72. The zero-order valence-electron chi connectivity index (χ0n) is 14.5. The van der Waals surface area contributed by atoms with Gasteiger partial charge in [0.15, 0.2) is 5.82 Å². The largest absolute Gasteiger partial charge is 0.496 e. The van der Waals surface area contributed by atoms with E-state index in [1.807, 2.05) is 0 Å². The average Bonchev–Trinajstić information content (AvgIpc) is 3.10. The van der Waals surface area contributed by atoms with Crippen LogP contribution in [0.4, 0.5) is 10.1 Å². The molecule has 0 spiro atoms. The summed E-state index contributed by atoms with van der Waals surface area (Å²) < 4.78 is 18.5. The number of carbonyl (C=O) groups is 1. The van der Waals surface area contributed by atoms with E-state index in [4.69, 9.17) is 16.3 Å². The van der Waals surface area contributed by atoms with E-state index in [1.54, 1.807) is 38.3 Å². The Labute approximate surface area is 164 Å². The number of rotatable bonds is 6. The van der Waals surface area contributed by atoms with Gasteiger partial charge in [0.1, 0.15) is 11.6 Å². The SMILES string of the molecule is COc1ccc(Cl)cc1-c1nc(SC(C)C(=O)Nc2cccc(F)c2)n[nH]1. The molecule has 3 rings (SSSR count). The molecular formula is C18H16ClFN4O2S. The highest BCUT2D eigenvalue weighted by atomic mass is 35.5. The number of halogens is 2. The minimum absolute atomic E-state index is 0.280. The van der Waals surface area contributed by atoms with Crippen molar-refractivity contribution in [2.75, 3.05) is 12.4 Å². The Morgan fingerprint density at radius 2 is 2.15 bits per heavy atom. The molecule has 9 heteroatoms. The van der Waals surface area contributed by atoms with Crippen LogP contribution in [0.15, 0.2) is 47.6 Å². The number of nitrogens with zero attached hydrogens (tertiary/aromatic N) is 2. The third-order valence-electron chi connectivity index (χ3n) is 3.63.